The van der Waals surface area contributed by atoms with Gasteiger partial charge >= 0.3 is 0 Å². The van der Waals surface area contributed by atoms with Crippen molar-refractivity contribution in [3.05, 3.63) is 40.1 Å². The standard InChI is InChI=1S/C22H30N6O5S/c1-7-9-18-24-13(3)19-22(30)25-20(26-28(18)19)16-12-15(10-11-17(16)33-8-2)34(31,32)27(6)14(4)21(29)23-5/h10-12,14H,7-9H2,1-6H3,(H,23,29)(H,25,26,30)/t14-/m0/s1. The SMILES string of the molecule is CCCc1nc(C)c2c(=O)[nH]c(-c3cc(S(=O)(=O)N(C)[C@@H](C)C(=O)NC)ccc3OCC)nn12. The molecule has 0 fully saturated rings. The fraction of sp³-hybridized carbons (Fsp3) is 0.455. The van der Waals surface area contributed by atoms with Crippen LogP contribution in [0.2, 0.25) is 0 Å². The third-order valence-corrected chi connectivity index (χ3v) is 7.49. The average molecular weight is 491 g/mol. The summed E-state index contributed by atoms with van der Waals surface area (Å²) in [5.74, 6) is 0.713. The van der Waals surface area contributed by atoms with E-state index in [1.165, 1.54) is 43.7 Å². The van der Waals surface area contributed by atoms with Gasteiger partial charge in [0.2, 0.25) is 15.9 Å². The van der Waals surface area contributed by atoms with Crippen LogP contribution in [0.4, 0.5) is 0 Å². The monoisotopic (exact) mass is 490 g/mol. The number of H-pyrrole nitrogens is 1. The molecule has 0 radical (unpaired) electrons. The van der Waals surface area contributed by atoms with Crippen molar-refractivity contribution in [1.29, 1.82) is 0 Å². The third kappa shape index (κ3) is 4.55. The van der Waals surface area contributed by atoms with E-state index in [1.54, 1.807) is 13.8 Å². The predicted molar refractivity (Wildman–Crippen MR) is 127 cm³/mol. The molecule has 0 saturated carbocycles. The molecule has 184 valence electrons. The normalized spacial score (nSPS) is 12.8. The Morgan fingerprint density at radius 1 is 1.32 bits per heavy atom. The minimum Gasteiger partial charge on any atom is -0.493 e. The number of nitrogens with one attached hydrogen (secondary N) is 2. The zero-order valence-electron chi connectivity index (χ0n) is 20.2. The summed E-state index contributed by atoms with van der Waals surface area (Å²) < 4.78 is 34.7. The number of aromatic amines is 1. The van der Waals surface area contributed by atoms with Crippen molar-refractivity contribution in [3.63, 3.8) is 0 Å². The van der Waals surface area contributed by atoms with Crippen molar-refractivity contribution in [3.8, 4) is 17.1 Å². The van der Waals surface area contributed by atoms with Gasteiger partial charge in [-0.25, -0.2) is 17.9 Å². The topological polar surface area (TPSA) is 139 Å². The fourth-order valence-corrected chi connectivity index (χ4v) is 4.98. The molecular weight excluding hydrogens is 460 g/mol. The molecule has 0 aliphatic rings. The summed E-state index contributed by atoms with van der Waals surface area (Å²) in [6, 6.07) is 3.38. The van der Waals surface area contributed by atoms with Gasteiger partial charge in [0, 0.05) is 20.5 Å². The van der Waals surface area contributed by atoms with Crippen molar-refractivity contribution in [2.75, 3.05) is 20.7 Å². The van der Waals surface area contributed by atoms with Gasteiger partial charge in [-0.3, -0.25) is 9.59 Å². The molecule has 3 rings (SSSR count). The summed E-state index contributed by atoms with van der Waals surface area (Å²) in [6.07, 6.45) is 1.44. The number of carbonyl (C=O) groups excluding carboxylic acids is 1. The average Bonchev–Trinajstić information content (AvgIpc) is 3.13. The second-order valence-electron chi connectivity index (χ2n) is 7.83. The Morgan fingerprint density at radius 2 is 2.03 bits per heavy atom. The molecule has 2 aromatic heterocycles. The van der Waals surface area contributed by atoms with Crippen LogP contribution in [0, 0.1) is 6.92 Å². The lowest BCUT2D eigenvalue weighted by Gasteiger charge is -2.23. The van der Waals surface area contributed by atoms with Crippen LogP contribution < -0.4 is 15.6 Å². The van der Waals surface area contributed by atoms with Crippen LogP contribution in [0.15, 0.2) is 27.9 Å². The Morgan fingerprint density at radius 3 is 2.65 bits per heavy atom. The number of carbonyl (C=O) groups is 1. The molecule has 1 amide bonds. The number of likely N-dealkylation sites (N-methyl/N-ethyl adjacent to an activating group) is 2. The smallest absolute Gasteiger partial charge is 0.277 e. The quantitative estimate of drug-likeness (QED) is 0.463. The minimum atomic E-state index is -4.04. The van der Waals surface area contributed by atoms with E-state index in [4.69, 9.17) is 4.74 Å². The van der Waals surface area contributed by atoms with Gasteiger partial charge in [0.15, 0.2) is 11.3 Å². The highest BCUT2D eigenvalue weighted by Gasteiger charge is 2.30. The second-order valence-corrected chi connectivity index (χ2v) is 9.83. The molecule has 1 aromatic carbocycles. The summed E-state index contributed by atoms with van der Waals surface area (Å²) in [5, 5.41) is 7.03. The number of nitrogens with zero attached hydrogens (tertiary/aromatic N) is 4. The number of sulfonamides is 1. The summed E-state index contributed by atoms with van der Waals surface area (Å²) >= 11 is 0. The predicted octanol–water partition coefficient (Wildman–Crippen LogP) is 1.50. The maximum absolute atomic E-state index is 13.3. The first-order valence-corrected chi connectivity index (χ1v) is 12.5. The lowest BCUT2D eigenvalue weighted by Crippen LogP contribution is -2.44. The number of imidazole rings is 1. The zero-order valence-corrected chi connectivity index (χ0v) is 21.0. The first-order valence-electron chi connectivity index (χ1n) is 11.0. The summed E-state index contributed by atoms with van der Waals surface area (Å²) in [5.41, 5.74) is 0.818. The van der Waals surface area contributed by atoms with E-state index in [0.29, 0.717) is 41.4 Å². The Hall–Kier alpha value is -3.25. The summed E-state index contributed by atoms with van der Waals surface area (Å²) in [4.78, 5) is 32.1. The summed E-state index contributed by atoms with van der Waals surface area (Å²) in [7, 11) is -1.27. The Bertz CT molecular complexity index is 1380. The molecule has 1 atom stereocenters. The van der Waals surface area contributed by atoms with Gasteiger partial charge in [-0.1, -0.05) is 6.92 Å². The van der Waals surface area contributed by atoms with Crippen molar-refractivity contribution < 1.29 is 17.9 Å². The van der Waals surface area contributed by atoms with Gasteiger partial charge in [-0.2, -0.15) is 4.31 Å². The number of hydrogen-bond acceptors (Lipinski definition) is 7. The molecule has 0 saturated heterocycles. The largest absolute Gasteiger partial charge is 0.493 e. The van der Waals surface area contributed by atoms with Gasteiger partial charge in [-0.15, -0.1) is 5.10 Å². The molecule has 0 bridgehead atoms. The van der Waals surface area contributed by atoms with E-state index in [1.807, 2.05) is 6.92 Å². The molecule has 0 aliphatic carbocycles. The third-order valence-electron chi connectivity index (χ3n) is 5.57. The number of aromatic nitrogens is 4. The van der Waals surface area contributed by atoms with Crippen LogP contribution in [0.3, 0.4) is 0 Å². The van der Waals surface area contributed by atoms with E-state index in [2.05, 4.69) is 20.4 Å². The minimum absolute atomic E-state index is 0.0671. The van der Waals surface area contributed by atoms with Crippen LogP contribution in [-0.4, -0.2) is 65.0 Å². The summed E-state index contributed by atoms with van der Waals surface area (Å²) in [6.45, 7) is 7.36. The maximum Gasteiger partial charge on any atom is 0.277 e. The number of fused-ring (bicyclic) bond motifs is 1. The van der Waals surface area contributed by atoms with Gasteiger partial charge in [0.1, 0.15) is 17.6 Å². The van der Waals surface area contributed by atoms with Crippen LogP contribution in [0.25, 0.3) is 16.9 Å². The molecule has 11 nitrogen and oxygen atoms in total. The van der Waals surface area contributed by atoms with Gasteiger partial charge in [0.25, 0.3) is 5.56 Å². The number of benzene rings is 1. The number of hydrogen-bond donors (Lipinski definition) is 2. The lowest BCUT2D eigenvalue weighted by atomic mass is 10.2. The first kappa shape index (κ1) is 25.4. The van der Waals surface area contributed by atoms with Crippen LogP contribution >= 0.6 is 0 Å². The van der Waals surface area contributed by atoms with Crippen molar-refractivity contribution in [2.45, 2.75) is 51.5 Å². The Balaban J connectivity index is 2.21. The molecule has 3 aromatic rings. The number of aryl methyl sites for hydroxylation is 2. The second kappa shape index (κ2) is 9.94. The van der Waals surface area contributed by atoms with Crippen molar-refractivity contribution in [2.24, 2.45) is 0 Å². The van der Waals surface area contributed by atoms with E-state index in [-0.39, 0.29) is 10.7 Å². The Kier molecular flexibility index (Phi) is 7.41. The van der Waals surface area contributed by atoms with Gasteiger partial charge in [-0.05, 0) is 45.4 Å². The van der Waals surface area contributed by atoms with Gasteiger partial charge < -0.3 is 15.0 Å². The molecule has 0 spiro atoms. The van der Waals surface area contributed by atoms with Gasteiger partial charge in [0.05, 0.1) is 22.8 Å². The number of ether oxygens (including phenoxy) is 1. The van der Waals surface area contributed by atoms with Crippen LogP contribution in [0.5, 0.6) is 5.75 Å². The van der Waals surface area contributed by atoms with Crippen molar-refractivity contribution in [1.82, 2.24) is 29.2 Å². The zero-order chi connectivity index (χ0) is 25.2. The van der Waals surface area contributed by atoms with E-state index in [9.17, 15) is 18.0 Å². The Labute approximate surface area is 198 Å². The van der Waals surface area contributed by atoms with E-state index >= 15 is 0 Å². The fourth-order valence-electron chi connectivity index (χ4n) is 3.63. The first-order chi connectivity index (χ1) is 16.1. The number of rotatable bonds is 9. The molecule has 0 unspecified atom stereocenters. The highest BCUT2D eigenvalue weighted by atomic mass is 32.2. The van der Waals surface area contributed by atoms with Crippen molar-refractivity contribution >= 4 is 21.4 Å². The van der Waals surface area contributed by atoms with E-state index in [0.717, 1.165) is 10.7 Å². The molecule has 2 heterocycles. The van der Waals surface area contributed by atoms with E-state index < -0.39 is 27.5 Å². The highest BCUT2D eigenvalue weighted by molar-refractivity contribution is 7.89. The van der Waals surface area contributed by atoms with Crippen LogP contribution in [0.1, 0.15) is 38.7 Å². The number of amides is 1. The molecule has 2 N–H and O–H groups in total. The molecular formula is C22H30N6O5S. The maximum atomic E-state index is 13.3. The molecule has 34 heavy (non-hydrogen) atoms. The molecule has 12 heteroatoms. The lowest BCUT2D eigenvalue weighted by molar-refractivity contribution is -0.123. The van der Waals surface area contributed by atoms with Crippen LogP contribution in [-0.2, 0) is 21.2 Å². The highest BCUT2D eigenvalue weighted by Crippen LogP contribution is 2.31. The molecule has 0 aliphatic heterocycles.